The van der Waals surface area contributed by atoms with Gasteiger partial charge in [0.1, 0.15) is 4.60 Å². The van der Waals surface area contributed by atoms with Gasteiger partial charge in [0, 0.05) is 16.5 Å². The Bertz CT molecular complexity index is 1020. The second-order valence-electron chi connectivity index (χ2n) is 4.85. The van der Waals surface area contributed by atoms with E-state index in [2.05, 4.69) is 30.6 Å². The van der Waals surface area contributed by atoms with Gasteiger partial charge in [0.25, 0.3) is 15.9 Å². The molecular formula is C15H13BrN4O3S. The first-order valence-corrected chi connectivity index (χ1v) is 9.06. The van der Waals surface area contributed by atoms with E-state index in [-0.39, 0.29) is 16.6 Å². The summed E-state index contributed by atoms with van der Waals surface area (Å²) in [4.78, 5) is 8.14. The van der Waals surface area contributed by atoms with Crippen molar-refractivity contribution >= 4 is 48.2 Å². The van der Waals surface area contributed by atoms with E-state index in [0.717, 1.165) is 0 Å². The van der Waals surface area contributed by atoms with Crippen LogP contribution in [0, 0.1) is 0 Å². The molecule has 0 aliphatic rings. The second-order valence-corrected chi connectivity index (χ2v) is 7.32. The lowest BCUT2D eigenvalue weighted by Gasteiger charge is -2.12. The molecule has 0 fully saturated rings. The van der Waals surface area contributed by atoms with Crippen LogP contribution in [0.25, 0.3) is 10.8 Å². The molecule has 0 atom stereocenters. The van der Waals surface area contributed by atoms with E-state index in [9.17, 15) is 8.42 Å². The van der Waals surface area contributed by atoms with Crippen LogP contribution in [0.1, 0.15) is 0 Å². The van der Waals surface area contributed by atoms with Crippen LogP contribution in [-0.4, -0.2) is 25.5 Å². The molecule has 9 heteroatoms. The van der Waals surface area contributed by atoms with Gasteiger partial charge in [-0.25, -0.2) is 18.4 Å². The molecule has 7 nitrogen and oxygen atoms in total. The zero-order chi connectivity index (χ0) is 17.3. The molecule has 0 aliphatic carbocycles. The van der Waals surface area contributed by atoms with Crippen LogP contribution in [0.5, 0.6) is 5.88 Å². The fourth-order valence-corrected chi connectivity index (χ4v) is 3.78. The van der Waals surface area contributed by atoms with Crippen molar-refractivity contribution in [3.8, 4) is 5.88 Å². The zero-order valence-corrected chi connectivity index (χ0v) is 14.9. The lowest BCUT2D eigenvalue weighted by Crippen LogP contribution is -2.15. The molecule has 0 aliphatic heterocycles. The summed E-state index contributed by atoms with van der Waals surface area (Å²) in [5, 5.41) is 1.18. The molecule has 0 unspecified atom stereocenters. The average Bonchev–Trinajstić information content (AvgIpc) is 2.56. The predicted molar refractivity (Wildman–Crippen MR) is 95.5 cm³/mol. The van der Waals surface area contributed by atoms with Crippen LogP contribution < -0.4 is 15.2 Å². The Kier molecular flexibility index (Phi) is 4.29. The van der Waals surface area contributed by atoms with Crippen molar-refractivity contribution in [2.24, 2.45) is 0 Å². The zero-order valence-electron chi connectivity index (χ0n) is 12.5. The molecule has 0 radical (unpaired) electrons. The van der Waals surface area contributed by atoms with E-state index in [1.807, 2.05) is 0 Å². The third kappa shape index (κ3) is 3.00. The van der Waals surface area contributed by atoms with Gasteiger partial charge in [0.15, 0.2) is 0 Å². The molecular weight excluding hydrogens is 396 g/mol. The highest BCUT2D eigenvalue weighted by Gasteiger charge is 2.21. The van der Waals surface area contributed by atoms with Gasteiger partial charge >= 0.3 is 0 Å². The quantitative estimate of drug-likeness (QED) is 0.642. The highest BCUT2D eigenvalue weighted by molar-refractivity contribution is 9.10. The van der Waals surface area contributed by atoms with Gasteiger partial charge in [-0.05, 0) is 28.1 Å². The molecule has 2 aromatic carbocycles. The van der Waals surface area contributed by atoms with E-state index in [1.54, 1.807) is 30.3 Å². The van der Waals surface area contributed by atoms with E-state index >= 15 is 0 Å². The minimum absolute atomic E-state index is 0.00149. The number of ether oxygens (including phenoxy) is 1. The summed E-state index contributed by atoms with van der Waals surface area (Å²) in [7, 11) is -2.52. The summed E-state index contributed by atoms with van der Waals surface area (Å²) in [6.07, 6.45) is 1.38. The number of halogens is 1. The Hall–Kier alpha value is -2.39. The maximum Gasteiger partial charge on any atom is 0.263 e. The van der Waals surface area contributed by atoms with Crippen LogP contribution in [0.4, 0.5) is 11.5 Å². The van der Waals surface area contributed by atoms with Gasteiger partial charge < -0.3 is 10.5 Å². The number of sulfonamides is 1. The van der Waals surface area contributed by atoms with Crippen molar-refractivity contribution in [3.63, 3.8) is 0 Å². The summed E-state index contributed by atoms with van der Waals surface area (Å²) < 4.78 is 33.5. The molecule has 0 saturated heterocycles. The Labute approximate surface area is 147 Å². The Morgan fingerprint density at radius 3 is 2.62 bits per heavy atom. The maximum absolute atomic E-state index is 12.8. The number of aromatic nitrogens is 2. The number of nitrogen functional groups attached to an aromatic ring is 1. The number of hydrogen-bond donors (Lipinski definition) is 2. The Morgan fingerprint density at radius 2 is 1.88 bits per heavy atom. The number of nitrogens with two attached hydrogens (primary N) is 1. The monoisotopic (exact) mass is 408 g/mol. The highest BCUT2D eigenvalue weighted by atomic mass is 79.9. The normalized spacial score (nSPS) is 11.4. The summed E-state index contributed by atoms with van der Waals surface area (Å²) >= 11 is 3.16. The summed E-state index contributed by atoms with van der Waals surface area (Å²) in [5.74, 6) is 0.0642. The Morgan fingerprint density at radius 1 is 1.17 bits per heavy atom. The molecule has 0 amide bonds. The van der Waals surface area contributed by atoms with Gasteiger partial charge in [-0.1, -0.05) is 24.3 Å². The Balaban J connectivity index is 2.11. The molecule has 3 rings (SSSR count). The molecule has 3 N–H and O–H groups in total. The van der Waals surface area contributed by atoms with Crippen LogP contribution >= 0.6 is 15.9 Å². The van der Waals surface area contributed by atoms with Crippen molar-refractivity contribution in [1.82, 2.24) is 9.97 Å². The second kappa shape index (κ2) is 6.25. The number of hydrogen-bond acceptors (Lipinski definition) is 6. The van der Waals surface area contributed by atoms with Crippen LogP contribution in [0.3, 0.4) is 0 Å². The number of benzene rings is 2. The average molecular weight is 409 g/mol. The molecule has 3 aromatic rings. The summed E-state index contributed by atoms with van der Waals surface area (Å²) in [5.41, 5.74) is 6.43. The number of nitrogens with zero attached hydrogens (tertiary/aromatic N) is 2. The van der Waals surface area contributed by atoms with Crippen molar-refractivity contribution in [2.45, 2.75) is 4.90 Å². The smallest absolute Gasteiger partial charge is 0.263 e. The van der Waals surface area contributed by atoms with Crippen LogP contribution in [0.15, 0.2) is 52.1 Å². The topological polar surface area (TPSA) is 107 Å². The number of methoxy groups -OCH3 is 1. The number of rotatable bonds is 4. The number of nitrogens with one attached hydrogen (secondary N) is 1. The van der Waals surface area contributed by atoms with E-state index in [1.165, 1.54) is 19.4 Å². The number of anilines is 2. The first-order valence-electron chi connectivity index (χ1n) is 6.79. The molecule has 0 spiro atoms. The molecule has 24 heavy (non-hydrogen) atoms. The maximum atomic E-state index is 12.8. The summed E-state index contributed by atoms with van der Waals surface area (Å²) in [6, 6.07) is 10.0. The predicted octanol–water partition coefficient (Wildman–Crippen LogP) is 2.78. The van der Waals surface area contributed by atoms with E-state index in [4.69, 9.17) is 10.5 Å². The third-order valence-corrected chi connectivity index (χ3v) is 5.12. The van der Waals surface area contributed by atoms with Gasteiger partial charge in [-0.3, -0.25) is 4.72 Å². The van der Waals surface area contributed by atoms with Crippen molar-refractivity contribution in [2.75, 3.05) is 17.6 Å². The van der Waals surface area contributed by atoms with Crippen LogP contribution in [0.2, 0.25) is 0 Å². The SMILES string of the molecule is COc1nc(Br)cnc1NS(=O)(=O)c1cccc2c(N)cccc12. The molecule has 1 heterocycles. The first-order chi connectivity index (χ1) is 11.4. The lowest BCUT2D eigenvalue weighted by molar-refractivity contribution is 0.397. The lowest BCUT2D eigenvalue weighted by atomic mass is 10.1. The summed E-state index contributed by atoms with van der Waals surface area (Å²) in [6.45, 7) is 0. The highest BCUT2D eigenvalue weighted by Crippen LogP contribution is 2.29. The van der Waals surface area contributed by atoms with Crippen molar-refractivity contribution in [1.29, 1.82) is 0 Å². The van der Waals surface area contributed by atoms with E-state index < -0.39 is 10.0 Å². The minimum Gasteiger partial charge on any atom is -0.478 e. The standard InChI is InChI=1S/C15H13BrN4O3S/c1-23-15-14(18-8-13(16)19-15)20-24(21,22)12-7-3-4-9-10(12)5-2-6-11(9)17/h2-8H,17H2,1H3,(H,18,20). The minimum atomic E-state index is -3.91. The third-order valence-electron chi connectivity index (χ3n) is 3.34. The van der Waals surface area contributed by atoms with Gasteiger partial charge in [0.2, 0.25) is 5.82 Å². The fraction of sp³-hybridized carbons (Fsp3) is 0.0667. The van der Waals surface area contributed by atoms with Gasteiger partial charge in [-0.2, -0.15) is 0 Å². The molecule has 0 bridgehead atoms. The van der Waals surface area contributed by atoms with Crippen molar-refractivity contribution < 1.29 is 13.2 Å². The first kappa shape index (κ1) is 16.5. The van der Waals surface area contributed by atoms with E-state index in [0.29, 0.717) is 21.1 Å². The molecule has 0 saturated carbocycles. The molecule has 1 aromatic heterocycles. The molecule has 124 valence electrons. The fourth-order valence-electron chi connectivity index (χ4n) is 2.29. The number of fused-ring (bicyclic) bond motifs is 1. The largest absolute Gasteiger partial charge is 0.478 e. The van der Waals surface area contributed by atoms with Crippen molar-refractivity contribution in [3.05, 3.63) is 47.2 Å². The van der Waals surface area contributed by atoms with Crippen LogP contribution in [-0.2, 0) is 10.0 Å². The van der Waals surface area contributed by atoms with Gasteiger partial charge in [-0.15, -0.1) is 0 Å². The van der Waals surface area contributed by atoms with Gasteiger partial charge in [0.05, 0.1) is 18.2 Å².